The third-order valence-electron chi connectivity index (χ3n) is 1.86. The Bertz CT molecular complexity index is 492. The molecule has 0 amide bonds. The van der Waals surface area contributed by atoms with Crippen molar-refractivity contribution >= 4 is 27.3 Å². The van der Waals surface area contributed by atoms with Crippen molar-refractivity contribution in [1.82, 2.24) is 10.2 Å². The minimum absolute atomic E-state index is 0.584. The van der Waals surface area contributed by atoms with Gasteiger partial charge in [-0.15, -0.1) is 10.2 Å². The fraction of sp³-hybridized carbons (Fsp3) is 0.111. The third-order valence-corrected chi connectivity index (χ3v) is 3.26. The lowest BCUT2D eigenvalue weighted by atomic mass is 10.1. The van der Waals surface area contributed by atoms with Crippen LogP contribution in [0, 0.1) is 0 Å². The predicted molar refractivity (Wildman–Crippen MR) is 58.0 cm³/mol. The van der Waals surface area contributed by atoms with Crippen LogP contribution in [0.3, 0.4) is 0 Å². The van der Waals surface area contributed by atoms with Crippen LogP contribution in [0.1, 0.15) is 5.56 Å². The molecule has 0 bridgehead atoms. The third kappa shape index (κ3) is 2.41. The van der Waals surface area contributed by atoms with Crippen molar-refractivity contribution in [2.75, 3.05) is 0 Å². The van der Waals surface area contributed by atoms with E-state index in [1.165, 1.54) is 23.5 Å². The van der Waals surface area contributed by atoms with Gasteiger partial charge in [0.2, 0.25) is 0 Å². The van der Waals surface area contributed by atoms with Crippen LogP contribution in [0.4, 0.5) is 13.2 Å². The smallest absolute Gasteiger partial charge is 0.166 e. The van der Waals surface area contributed by atoms with E-state index in [2.05, 4.69) is 26.1 Å². The maximum atomic E-state index is 12.3. The average molecular weight is 309 g/mol. The summed E-state index contributed by atoms with van der Waals surface area (Å²) in [7, 11) is 0. The van der Waals surface area contributed by atoms with Crippen LogP contribution >= 0.6 is 27.3 Å². The highest BCUT2D eigenvalue weighted by Crippen LogP contribution is 2.32. The molecule has 1 heterocycles. The molecule has 0 aliphatic rings. The summed E-state index contributed by atoms with van der Waals surface area (Å²) in [5, 5.41) is 8.13. The summed E-state index contributed by atoms with van der Waals surface area (Å²) in [6.07, 6.45) is -4.31. The number of hydrogen-bond acceptors (Lipinski definition) is 3. The second-order valence-corrected chi connectivity index (χ2v) is 5.19. The Morgan fingerprint density at radius 1 is 1.06 bits per heavy atom. The quantitative estimate of drug-likeness (QED) is 0.796. The molecule has 0 saturated heterocycles. The molecule has 0 radical (unpaired) electrons. The first-order valence-corrected chi connectivity index (χ1v) is 5.74. The molecule has 1 aromatic carbocycles. The zero-order chi connectivity index (χ0) is 11.8. The van der Waals surface area contributed by atoms with Gasteiger partial charge in [-0.3, -0.25) is 0 Å². The summed E-state index contributed by atoms with van der Waals surface area (Å²) in [5.41, 5.74) is -0.0453. The fourth-order valence-electron chi connectivity index (χ4n) is 1.12. The molecule has 0 fully saturated rings. The van der Waals surface area contributed by atoms with Crippen LogP contribution in [-0.2, 0) is 6.18 Å². The maximum absolute atomic E-state index is 12.3. The Hall–Kier alpha value is -0.950. The zero-order valence-electron chi connectivity index (χ0n) is 7.62. The second-order valence-electron chi connectivity index (χ2n) is 2.94. The molecule has 0 atom stereocenters. The molecule has 0 unspecified atom stereocenters. The van der Waals surface area contributed by atoms with Gasteiger partial charge in [-0.05, 0) is 28.1 Å². The number of alkyl halides is 3. The summed E-state index contributed by atoms with van der Waals surface area (Å²) in [5.74, 6) is 0. The molecule has 16 heavy (non-hydrogen) atoms. The lowest BCUT2D eigenvalue weighted by molar-refractivity contribution is -0.137. The van der Waals surface area contributed by atoms with Crippen LogP contribution in [-0.4, -0.2) is 10.2 Å². The van der Waals surface area contributed by atoms with Crippen LogP contribution in [0.2, 0.25) is 0 Å². The van der Waals surface area contributed by atoms with Crippen molar-refractivity contribution in [2.24, 2.45) is 0 Å². The van der Waals surface area contributed by atoms with Gasteiger partial charge in [-0.25, -0.2) is 0 Å². The molecule has 2 aromatic rings. The Morgan fingerprint density at radius 2 is 1.69 bits per heavy atom. The number of aromatic nitrogens is 2. The van der Waals surface area contributed by atoms with E-state index in [0.717, 1.165) is 12.1 Å². The Balaban J connectivity index is 2.33. The van der Waals surface area contributed by atoms with Crippen LogP contribution in [0.15, 0.2) is 28.2 Å². The zero-order valence-corrected chi connectivity index (χ0v) is 10.0. The number of hydrogen-bond donors (Lipinski definition) is 0. The minimum Gasteiger partial charge on any atom is -0.166 e. The van der Waals surface area contributed by atoms with Gasteiger partial charge in [0.25, 0.3) is 0 Å². The second kappa shape index (κ2) is 4.14. The van der Waals surface area contributed by atoms with Gasteiger partial charge in [0.05, 0.1) is 5.56 Å². The van der Waals surface area contributed by atoms with Crippen molar-refractivity contribution in [3.63, 3.8) is 0 Å². The van der Waals surface area contributed by atoms with Gasteiger partial charge in [0.15, 0.2) is 3.92 Å². The topological polar surface area (TPSA) is 25.8 Å². The fourth-order valence-corrected chi connectivity index (χ4v) is 2.24. The molecule has 84 valence electrons. The monoisotopic (exact) mass is 308 g/mol. The molecule has 0 aliphatic heterocycles. The molecule has 2 nitrogen and oxygen atoms in total. The lowest BCUT2D eigenvalue weighted by Crippen LogP contribution is -2.03. The molecule has 7 heteroatoms. The standard InChI is InChI=1S/C9H4BrF3N2S/c10-8-15-14-7(16-8)5-1-3-6(4-2-5)9(11,12)13/h1-4H. The summed E-state index contributed by atoms with van der Waals surface area (Å²) >= 11 is 4.41. The summed E-state index contributed by atoms with van der Waals surface area (Å²) in [6, 6.07) is 4.83. The van der Waals surface area contributed by atoms with Gasteiger partial charge < -0.3 is 0 Å². The van der Waals surface area contributed by atoms with E-state index in [4.69, 9.17) is 0 Å². The van der Waals surface area contributed by atoms with Crippen molar-refractivity contribution in [3.05, 3.63) is 33.7 Å². The van der Waals surface area contributed by atoms with Crippen LogP contribution in [0.25, 0.3) is 10.6 Å². The van der Waals surface area contributed by atoms with Crippen molar-refractivity contribution in [2.45, 2.75) is 6.18 Å². The van der Waals surface area contributed by atoms with Gasteiger partial charge in [0, 0.05) is 5.56 Å². The van der Waals surface area contributed by atoms with Gasteiger partial charge >= 0.3 is 6.18 Å². The number of halogens is 4. The van der Waals surface area contributed by atoms with E-state index in [1.54, 1.807) is 0 Å². The molecule has 0 saturated carbocycles. The van der Waals surface area contributed by atoms with Gasteiger partial charge in [-0.1, -0.05) is 23.5 Å². The Labute approximate surface area is 101 Å². The number of benzene rings is 1. The highest BCUT2D eigenvalue weighted by Gasteiger charge is 2.30. The average Bonchev–Trinajstić information content (AvgIpc) is 2.64. The normalized spacial score (nSPS) is 11.8. The molecule has 0 N–H and O–H groups in total. The lowest BCUT2D eigenvalue weighted by Gasteiger charge is -2.05. The molecular weight excluding hydrogens is 305 g/mol. The predicted octanol–water partition coefficient (Wildman–Crippen LogP) is 3.99. The first-order valence-electron chi connectivity index (χ1n) is 4.13. The van der Waals surface area contributed by atoms with E-state index in [-0.39, 0.29) is 0 Å². The Morgan fingerprint density at radius 3 is 2.12 bits per heavy atom. The number of nitrogens with zero attached hydrogens (tertiary/aromatic N) is 2. The summed E-state index contributed by atoms with van der Waals surface area (Å²) in [6.45, 7) is 0. The molecular formula is C9H4BrF3N2S. The first-order chi connectivity index (χ1) is 7.47. The highest BCUT2D eigenvalue weighted by atomic mass is 79.9. The van der Waals surface area contributed by atoms with E-state index >= 15 is 0 Å². The van der Waals surface area contributed by atoms with Gasteiger partial charge in [-0.2, -0.15) is 13.2 Å². The molecule has 0 aliphatic carbocycles. The Kier molecular flexibility index (Phi) is 2.98. The minimum atomic E-state index is -4.31. The van der Waals surface area contributed by atoms with E-state index in [1.807, 2.05) is 0 Å². The van der Waals surface area contributed by atoms with Crippen molar-refractivity contribution < 1.29 is 13.2 Å². The van der Waals surface area contributed by atoms with Crippen LogP contribution in [0.5, 0.6) is 0 Å². The molecule has 0 spiro atoms. The molecule has 2 rings (SSSR count). The van der Waals surface area contributed by atoms with E-state index < -0.39 is 11.7 Å². The van der Waals surface area contributed by atoms with Gasteiger partial charge in [0.1, 0.15) is 5.01 Å². The maximum Gasteiger partial charge on any atom is 0.416 e. The van der Waals surface area contributed by atoms with Crippen molar-refractivity contribution in [1.29, 1.82) is 0 Å². The highest BCUT2D eigenvalue weighted by molar-refractivity contribution is 9.11. The van der Waals surface area contributed by atoms with E-state index in [0.29, 0.717) is 14.5 Å². The van der Waals surface area contributed by atoms with E-state index in [9.17, 15) is 13.2 Å². The SMILES string of the molecule is FC(F)(F)c1ccc(-c2nnc(Br)s2)cc1. The number of rotatable bonds is 1. The van der Waals surface area contributed by atoms with Crippen LogP contribution < -0.4 is 0 Å². The molecule has 1 aromatic heterocycles. The van der Waals surface area contributed by atoms with Crippen molar-refractivity contribution in [3.8, 4) is 10.6 Å². The largest absolute Gasteiger partial charge is 0.416 e. The summed E-state index contributed by atoms with van der Waals surface area (Å²) in [4.78, 5) is 0. The summed E-state index contributed by atoms with van der Waals surface area (Å²) < 4.78 is 37.5. The first kappa shape index (κ1) is 11.5.